The van der Waals surface area contributed by atoms with Gasteiger partial charge in [0, 0.05) is 30.6 Å². The lowest BCUT2D eigenvalue weighted by Gasteiger charge is -2.22. The fraction of sp³-hybridized carbons (Fsp3) is 0.174. The molecule has 0 radical (unpaired) electrons. The summed E-state index contributed by atoms with van der Waals surface area (Å²) in [5.74, 6) is 1.54. The largest absolute Gasteiger partial charge is 0.497 e. The van der Waals surface area contributed by atoms with Crippen molar-refractivity contribution in [2.75, 3.05) is 7.11 Å². The topological polar surface area (TPSA) is 55.8 Å². The summed E-state index contributed by atoms with van der Waals surface area (Å²) >= 11 is 0. The van der Waals surface area contributed by atoms with E-state index in [-0.39, 0.29) is 5.63 Å². The number of nitrogens with zero attached hydrogens (tertiary/aromatic N) is 1. The average molecular weight is 375 g/mol. The van der Waals surface area contributed by atoms with Gasteiger partial charge in [0.2, 0.25) is 0 Å². The molecule has 0 amide bonds. The molecule has 0 saturated carbocycles. The van der Waals surface area contributed by atoms with Crippen LogP contribution < -0.4 is 10.4 Å². The Morgan fingerprint density at radius 1 is 0.929 bits per heavy atom. The molecule has 28 heavy (non-hydrogen) atoms. The summed E-state index contributed by atoms with van der Waals surface area (Å²) in [6.07, 6.45) is 1.68. The van der Waals surface area contributed by atoms with Gasteiger partial charge in [-0.2, -0.15) is 0 Å². The number of benzene rings is 2. The standard InChI is InChI=1S/C23H21NO4/c1-26-19-9-10-21-18(12-23(25)28-22(21)13-19)15-24(16-20-8-5-11-27-20)14-17-6-3-2-4-7-17/h2-13H,14-16H2,1H3. The lowest BCUT2D eigenvalue weighted by Crippen LogP contribution is -2.23. The summed E-state index contributed by atoms with van der Waals surface area (Å²) in [6, 6.07) is 21.2. The lowest BCUT2D eigenvalue weighted by molar-refractivity contribution is 0.227. The van der Waals surface area contributed by atoms with Gasteiger partial charge in [-0.15, -0.1) is 0 Å². The first kappa shape index (κ1) is 18.1. The molecule has 0 aliphatic rings. The van der Waals surface area contributed by atoms with E-state index >= 15 is 0 Å². The molecule has 2 heterocycles. The first-order valence-electron chi connectivity index (χ1n) is 9.11. The van der Waals surface area contributed by atoms with Gasteiger partial charge in [0.15, 0.2) is 0 Å². The minimum Gasteiger partial charge on any atom is -0.497 e. The van der Waals surface area contributed by atoms with Gasteiger partial charge in [0.25, 0.3) is 0 Å². The van der Waals surface area contributed by atoms with Gasteiger partial charge in [0.1, 0.15) is 17.1 Å². The molecule has 0 aliphatic carbocycles. The van der Waals surface area contributed by atoms with E-state index in [0.29, 0.717) is 24.4 Å². The van der Waals surface area contributed by atoms with Crippen LogP contribution in [0.4, 0.5) is 0 Å². The third-order valence-corrected chi connectivity index (χ3v) is 4.64. The van der Waals surface area contributed by atoms with E-state index in [2.05, 4.69) is 17.0 Å². The molecule has 4 rings (SSSR count). The van der Waals surface area contributed by atoms with Crippen molar-refractivity contribution >= 4 is 11.0 Å². The van der Waals surface area contributed by atoms with Crippen LogP contribution >= 0.6 is 0 Å². The maximum absolute atomic E-state index is 12.1. The molecule has 0 fully saturated rings. The monoisotopic (exact) mass is 375 g/mol. The highest BCUT2D eigenvalue weighted by atomic mass is 16.5. The summed E-state index contributed by atoms with van der Waals surface area (Å²) in [6.45, 7) is 1.96. The Balaban J connectivity index is 1.68. The number of fused-ring (bicyclic) bond motifs is 1. The van der Waals surface area contributed by atoms with Gasteiger partial charge >= 0.3 is 5.63 Å². The van der Waals surface area contributed by atoms with Gasteiger partial charge in [0.05, 0.1) is 19.9 Å². The molecule has 142 valence electrons. The van der Waals surface area contributed by atoms with Crippen LogP contribution in [0.25, 0.3) is 11.0 Å². The van der Waals surface area contributed by atoms with Crippen LogP contribution in [-0.4, -0.2) is 12.0 Å². The average Bonchev–Trinajstić information content (AvgIpc) is 3.21. The van der Waals surface area contributed by atoms with E-state index in [1.54, 1.807) is 25.5 Å². The van der Waals surface area contributed by atoms with Crippen LogP contribution in [0.15, 0.2) is 86.6 Å². The van der Waals surface area contributed by atoms with Crippen molar-refractivity contribution in [1.29, 1.82) is 0 Å². The normalized spacial score (nSPS) is 11.2. The molecular weight excluding hydrogens is 354 g/mol. The molecule has 0 N–H and O–H groups in total. The molecule has 4 aromatic rings. The third-order valence-electron chi connectivity index (χ3n) is 4.64. The molecule has 0 aliphatic heterocycles. The van der Waals surface area contributed by atoms with Crippen molar-refractivity contribution in [2.24, 2.45) is 0 Å². The molecule has 0 unspecified atom stereocenters. The SMILES string of the molecule is COc1ccc2c(CN(Cc3ccccc3)Cc3ccco3)cc(=O)oc2c1. The minimum absolute atomic E-state index is 0.367. The van der Waals surface area contributed by atoms with Crippen molar-refractivity contribution in [3.05, 3.63) is 100 Å². The summed E-state index contributed by atoms with van der Waals surface area (Å²) < 4.78 is 16.2. The Kier molecular flexibility index (Phi) is 5.26. The van der Waals surface area contributed by atoms with Gasteiger partial charge in [-0.3, -0.25) is 4.90 Å². The molecular formula is C23H21NO4. The van der Waals surface area contributed by atoms with E-state index < -0.39 is 0 Å². The number of furan rings is 1. The van der Waals surface area contributed by atoms with E-state index in [4.69, 9.17) is 13.6 Å². The molecule has 0 saturated heterocycles. The summed E-state index contributed by atoms with van der Waals surface area (Å²) in [5, 5.41) is 0.901. The Hall–Kier alpha value is -3.31. The van der Waals surface area contributed by atoms with Crippen molar-refractivity contribution in [1.82, 2.24) is 4.90 Å². The van der Waals surface area contributed by atoms with Crippen molar-refractivity contribution < 1.29 is 13.6 Å². The smallest absolute Gasteiger partial charge is 0.336 e. The highest BCUT2D eigenvalue weighted by Crippen LogP contribution is 2.24. The van der Waals surface area contributed by atoms with Crippen molar-refractivity contribution in [2.45, 2.75) is 19.6 Å². The second-order valence-corrected chi connectivity index (χ2v) is 6.66. The minimum atomic E-state index is -0.367. The van der Waals surface area contributed by atoms with Crippen LogP contribution in [0.3, 0.4) is 0 Å². The Labute approximate surface area is 162 Å². The maximum Gasteiger partial charge on any atom is 0.336 e. The summed E-state index contributed by atoms with van der Waals surface area (Å²) in [5.41, 5.74) is 2.27. The zero-order chi connectivity index (χ0) is 19.3. The number of methoxy groups -OCH3 is 1. The fourth-order valence-electron chi connectivity index (χ4n) is 3.34. The van der Waals surface area contributed by atoms with E-state index in [1.807, 2.05) is 42.5 Å². The fourth-order valence-corrected chi connectivity index (χ4v) is 3.34. The van der Waals surface area contributed by atoms with E-state index in [9.17, 15) is 4.79 Å². The first-order chi connectivity index (χ1) is 13.7. The molecule has 2 aromatic heterocycles. The zero-order valence-corrected chi connectivity index (χ0v) is 15.6. The molecule has 2 aromatic carbocycles. The molecule has 5 heteroatoms. The predicted octanol–water partition coefficient (Wildman–Crippen LogP) is 4.60. The molecule has 0 spiro atoms. The first-order valence-corrected chi connectivity index (χ1v) is 9.11. The van der Waals surface area contributed by atoms with Crippen LogP contribution in [0.1, 0.15) is 16.9 Å². The lowest BCUT2D eigenvalue weighted by atomic mass is 10.1. The highest BCUT2D eigenvalue weighted by molar-refractivity contribution is 5.81. The maximum atomic E-state index is 12.1. The van der Waals surface area contributed by atoms with Gasteiger partial charge in [-0.25, -0.2) is 4.79 Å². The van der Waals surface area contributed by atoms with E-state index in [0.717, 1.165) is 23.3 Å². The Morgan fingerprint density at radius 3 is 2.54 bits per heavy atom. The van der Waals surface area contributed by atoms with Gasteiger partial charge < -0.3 is 13.6 Å². The second-order valence-electron chi connectivity index (χ2n) is 6.66. The summed E-state index contributed by atoms with van der Waals surface area (Å²) in [7, 11) is 1.59. The Bertz CT molecular complexity index is 1100. The van der Waals surface area contributed by atoms with Crippen LogP contribution in [0.2, 0.25) is 0 Å². The Morgan fingerprint density at radius 2 is 1.79 bits per heavy atom. The molecule has 0 atom stereocenters. The van der Waals surface area contributed by atoms with Gasteiger partial charge in [-0.05, 0) is 35.4 Å². The molecule has 0 bridgehead atoms. The number of hydrogen-bond acceptors (Lipinski definition) is 5. The quantitative estimate of drug-likeness (QED) is 0.442. The van der Waals surface area contributed by atoms with Crippen LogP contribution in [0, 0.1) is 0 Å². The van der Waals surface area contributed by atoms with Crippen LogP contribution in [0.5, 0.6) is 5.75 Å². The van der Waals surface area contributed by atoms with Crippen molar-refractivity contribution in [3.63, 3.8) is 0 Å². The summed E-state index contributed by atoms with van der Waals surface area (Å²) in [4.78, 5) is 14.4. The second kappa shape index (κ2) is 8.15. The number of ether oxygens (including phenoxy) is 1. The molecule has 5 nitrogen and oxygen atoms in total. The highest BCUT2D eigenvalue weighted by Gasteiger charge is 2.14. The zero-order valence-electron chi connectivity index (χ0n) is 15.6. The number of hydrogen-bond donors (Lipinski definition) is 0. The van der Waals surface area contributed by atoms with Crippen LogP contribution in [-0.2, 0) is 19.6 Å². The number of rotatable bonds is 7. The predicted molar refractivity (Wildman–Crippen MR) is 107 cm³/mol. The third kappa shape index (κ3) is 4.15. The van der Waals surface area contributed by atoms with Crippen molar-refractivity contribution in [3.8, 4) is 5.75 Å². The van der Waals surface area contributed by atoms with Gasteiger partial charge in [-0.1, -0.05) is 30.3 Å². The van der Waals surface area contributed by atoms with E-state index in [1.165, 1.54) is 5.56 Å².